The van der Waals surface area contributed by atoms with E-state index in [1.807, 2.05) is 6.92 Å². The lowest BCUT2D eigenvalue weighted by Gasteiger charge is -2.21. The summed E-state index contributed by atoms with van der Waals surface area (Å²) in [5.41, 5.74) is 0.956. The third kappa shape index (κ3) is 6.18. The number of hydrogen-bond donors (Lipinski definition) is 2. The number of hydrogen-bond acceptors (Lipinski definition) is 3. The van der Waals surface area contributed by atoms with E-state index in [-0.39, 0.29) is 11.0 Å². The molecule has 1 aromatic carbocycles. The maximum absolute atomic E-state index is 10.5. The van der Waals surface area contributed by atoms with Crippen molar-refractivity contribution in [2.75, 3.05) is 0 Å². The van der Waals surface area contributed by atoms with E-state index in [0.29, 0.717) is 0 Å². The molecule has 4 nitrogen and oxygen atoms in total. The zero-order valence-corrected chi connectivity index (χ0v) is 12.2. The quantitative estimate of drug-likeness (QED) is 0.778. The van der Waals surface area contributed by atoms with Crippen LogP contribution in [0.2, 0.25) is 0 Å². The first kappa shape index (κ1) is 16.1. The predicted octanol–water partition coefficient (Wildman–Crippen LogP) is 2.80. The molecule has 0 amide bonds. The molecule has 19 heavy (non-hydrogen) atoms. The van der Waals surface area contributed by atoms with E-state index in [2.05, 4.69) is 6.92 Å². The fourth-order valence-corrected chi connectivity index (χ4v) is 2.43. The van der Waals surface area contributed by atoms with E-state index >= 15 is 0 Å². The largest absolute Gasteiger partial charge is 0.393 e. The minimum absolute atomic E-state index is 0.0196. The third-order valence-electron chi connectivity index (χ3n) is 3.30. The van der Waals surface area contributed by atoms with Gasteiger partial charge in [0.05, 0.1) is 11.0 Å². The highest BCUT2D eigenvalue weighted by Crippen LogP contribution is 2.22. The SMILES string of the molecule is CC1CCC(O)CC1.Cc1ccc(S(=O)(=O)O)cc1. The molecule has 0 unspecified atom stereocenters. The molecule has 0 bridgehead atoms. The van der Waals surface area contributed by atoms with Gasteiger partial charge in [0, 0.05) is 0 Å². The third-order valence-corrected chi connectivity index (χ3v) is 4.17. The van der Waals surface area contributed by atoms with Crippen molar-refractivity contribution in [1.82, 2.24) is 0 Å². The second-order valence-electron chi connectivity index (χ2n) is 5.20. The minimum Gasteiger partial charge on any atom is -0.393 e. The summed E-state index contributed by atoms with van der Waals surface area (Å²) in [7, 11) is -4.02. The summed E-state index contributed by atoms with van der Waals surface area (Å²) < 4.78 is 29.6. The van der Waals surface area contributed by atoms with E-state index in [1.165, 1.54) is 25.0 Å². The van der Waals surface area contributed by atoms with Gasteiger partial charge in [-0.2, -0.15) is 8.42 Å². The Balaban J connectivity index is 0.000000200. The summed E-state index contributed by atoms with van der Waals surface area (Å²) in [5.74, 6) is 0.860. The van der Waals surface area contributed by atoms with Gasteiger partial charge in [0.1, 0.15) is 0 Å². The maximum atomic E-state index is 10.5. The molecule has 1 saturated carbocycles. The van der Waals surface area contributed by atoms with Crippen LogP contribution in [0.15, 0.2) is 29.2 Å². The van der Waals surface area contributed by atoms with E-state index < -0.39 is 10.1 Å². The number of benzene rings is 1. The van der Waals surface area contributed by atoms with Crippen LogP contribution in [0.4, 0.5) is 0 Å². The van der Waals surface area contributed by atoms with Gasteiger partial charge >= 0.3 is 0 Å². The number of aliphatic hydroxyl groups excluding tert-OH is 1. The van der Waals surface area contributed by atoms with E-state index in [9.17, 15) is 8.42 Å². The van der Waals surface area contributed by atoms with E-state index in [0.717, 1.165) is 24.3 Å². The van der Waals surface area contributed by atoms with Gasteiger partial charge in [-0.15, -0.1) is 0 Å². The van der Waals surface area contributed by atoms with Crippen LogP contribution in [-0.4, -0.2) is 24.2 Å². The summed E-state index contributed by atoms with van der Waals surface area (Å²) in [6.45, 7) is 4.10. The standard InChI is InChI=1S/C7H8O3S.C7H14O/c1-6-2-4-7(5-3-6)11(8,9)10;1-6-2-4-7(8)5-3-6/h2-5H,1H3,(H,8,9,10);6-8H,2-5H2,1H3. The van der Waals surface area contributed by atoms with Gasteiger partial charge in [-0.05, 0) is 50.7 Å². The average Bonchev–Trinajstić information content (AvgIpc) is 2.33. The van der Waals surface area contributed by atoms with Crippen LogP contribution in [0.3, 0.4) is 0 Å². The maximum Gasteiger partial charge on any atom is 0.294 e. The molecule has 0 spiro atoms. The molecule has 0 aromatic heterocycles. The lowest BCUT2D eigenvalue weighted by molar-refractivity contribution is 0.112. The van der Waals surface area contributed by atoms with Crippen molar-refractivity contribution in [1.29, 1.82) is 0 Å². The Hall–Kier alpha value is -0.910. The molecule has 5 heteroatoms. The van der Waals surface area contributed by atoms with E-state index in [4.69, 9.17) is 9.66 Å². The summed E-state index contributed by atoms with van der Waals surface area (Å²) in [4.78, 5) is -0.0666. The summed E-state index contributed by atoms with van der Waals surface area (Å²) >= 11 is 0. The first-order chi connectivity index (χ1) is 8.79. The Morgan fingerprint density at radius 1 is 1.05 bits per heavy atom. The number of rotatable bonds is 1. The highest BCUT2D eigenvalue weighted by atomic mass is 32.2. The molecule has 1 aliphatic carbocycles. The summed E-state index contributed by atoms with van der Waals surface area (Å²) in [6.07, 6.45) is 4.52. The molecular formula is C14H22O4S. The van der Waals surface area contributed by atoms with Gasteiger partial charge in [-0.1, -0.05) is 24.6 Å². The molecule has 2 N–H and O–H groups in total. The molecule has 0 radical (unpaired) electrons. The molecular weight excluding hydrogens is 264 g/mol. The van der Waals surface area contributed by atoms with Crippen molar-refractivity contribution in [2.24, 2.45) is 5.92 Å². The van der Waals surface area contributed by atoms with Crippen molar-refractivity contribution in [3.63, 3.8) is 0 Å². The molecule has 108 valence electrons. The monoisotopic (exact) mass is 286 g/mol. The first-order valence-corrected chi connectivity index (χ1v) is 7.95. The zero-order chi connectivity index (χ0) is 14.5. The van der Waals surface area contributed by atoms with Crippen LogP contribution in [0.1, 0.15) is 38.2 Å². The second-order valence-corrected chi connectivity index (χ2v) is 6.62. The summed E-state index contributed by atoms with van der Waals surface area (Å²) in [6, 6.07) is 5.99. The van der Waals surface area contributed by atoms with Crippen LogP contribution in [0.5, 0.6) is 0 Å². The highest BCUT2D eigenvalue weighted by molar-refractivity contribution is 7.85. The van der Waals surface area contributed by atoms with Crippen molar-refractivity contribution >= 4 is 10.1 Å². The van der Waals surface area contributed by atoms with Crippen LogP contribution in [-0.2, 0) is 10.1 Å². The fourth-order valence-electron chi connectivity index (χ4n) is 1.95. The second kappa shape index (κ2) is 7.03. The predicted molar refractivity (Wildman–Crippen MR) is 74.6 cm³/mol. The van der Waals surface area contributed by atoms with Crippen LogP contribution >= 0.6 is 0 Å². The van der Waals surface area contributed by atoms with Crippen molar-refractivity contribution < 1.29 is 18.1 Å². The Bertz CT molecular complexity index is 461. The Labute approximate surface area is 115 Å². The van der Waals surface area contributed by atoms with Gasteiger partial charge < -0.3 is 5.11 Å². The lowest BCUT2D eigenvalue weighted by atomic mass is 9.89. The van der Waals surface area contributed by atoms with Gasteiger partial charge in [0.15, 0.2) is 0 Å². The Morgan fingerprint density at radius 2 is 1.53 bits per heavy atom. The lowest BCUT2D eigenvalue weighted by Crippen LogP contribution is -2.15. The molecule has 1 fully saturated rings. The average molecular weight is 286 g/mol. The van der Waals surface area contributed by atoms with Gasteiger partial charge in [0.2, 0.25) is 0 Å². The molecule has 0 heterocycles. The number of aryl methyl sites for hydroxylation is 1. The molecule has 0 aliphatic heterocycles. The Kier molecular flexibility index (Phi) is 5.97. The minimum atomic E-state index is -4.02. The molecule has 0 atom stereocenters. The molecule has 2 rings (SSSR count). The smallest absolute Gasteiger partial charge is 0.294 e. The van der Waals surface area contributed by atoms with Gasteiger partial charge in [0.25, 0.3) is 10.1 Å². The summed E-state index contributed by atoms with van der Waals surface area (Å²) in [5, 5.41) is 9.03. The van der Waals surface area contributed by atoms with E-state index in [1.54, 1.807) is 12.1 Å². The zero-order valence-electron chi connectivity index (χ0n) is 11.4. The van der Waals surface area contributed by atoms with Crippen LogP contribution in [0, 0.1) is 12.8 Å². The van der Waals surface area contributed by atoms with Gasteiger partial charge in [-0.25, -0.2) is 0 Å². The van der Waals surface area contributed by atoms with Crippen molar-refractivity contribution in [2.45, 2.75) is 50.5 Å². The van der Waals surface area contributed by atoms with Gasteiger partial charge in [-0.3, -0.25) is 4.55 Å². The molecule has 1 aromatic rings. The number of aliphatic hydroxyl groups is 1. The topological polar surface area (TPSA) is 74.6 Å². The fraction of sp³-hybridized carbons (Fsp3) is 0.571. The highest BCUT2D eigenvalue weighted by Gasteiger charge is 2.14. The normalized spacial score (nSPS) is 23.4. The molecule has 1 aliphatic rings. The van der Waals surface area contributed by atoms with Crippen molar-refractivity contribution in [3.8, 4) is 0 Å². The van der Waals surface area contributed by atoms with Crippen LogP contribution < -0.4 is 0 Å². The van der Waals surface area contributed by atoms with Crippen LogP contribution in [0.25, 0.3) is 0 Å². The first-order valence-electron chi connectivity index (χ1n) is 6.51. The molecule has 0 saturated heterocycles. The van der Waals surface area contributed by atoms with Crippen molar-refractivity contribution in [3.05, 3.63) is 29.8 Å². The Morgan fingerprint density at radius 3 is 1.89 bits per heavy atom.